The molecule has 0 radical (unpaired) electrons. The number of aromatic amines is 1. The highest BCUT2D eigenvalue weighted by Crippen LogP contribution is 2.18. The van der Waals surface area contributed by atoms with Crippen LogP contribution in [0.15, 0.2) is 35.7 Å². The number of hydrogen-bond donors (Lipinski definition) is 2. The lowest BCUT2D eigenvalue weighted by Crippen LogP contribution is -2.24. The quantitative estimate of drug-likeness (QED) is 0.581. The minimum atomic E-state index is 0.000501. The number of rotatable bonds is 8. The number of nitrogens with one attached hydrogen (secondary N) is 2. The molecule has 0 unspecified atom stereocenters. The summed E-state index contributed by atoms with van der Waals surface area (Å²) in [5, 5.41) is 10.4. The van der Waals surface area contributed by atoms with Gasteiger partial charge in [-0.25, -0.2) is 4.98 Å². The molecule has 0 saturated carbocycles. The minimum absolute atomic E-state index is 0.000501. The lowest BCUT2D eigenvalue weighted by Gasteiger charge is -2.05. The van der Waals surface area contributed by atoms with Crippen LogP contribution in [0.3, 0.4) is 0 Å². The maximum absolute atomic E-state index is 11.9. The summed E-state index contributed by atoms with van der Waals surface area (Å²) in [6.45, 7) is 2.90. The highest BCUT2D eigenvalue weighted by molar-refractivity contribution is 7.98. The summed E-state index contributed by atoms with van der Waals surface area (Å²) in [6.07, 6.45) is 4.84. The van der Waals surface area contributed by atoms with Gasteiger partial charge in [-0.3, -0.25) is 9.89 Å². The zero-order chi connectivity index (χ0) is 14.9. The van der Waals surface area contributed by atoms with Gasteiger partial charge in [0, 0.05) is 17.9 Å². The Kier molecular flexibility index (Phi) is 6.27. The first-order valence-electron chi connectivity index (χ1n) is 7.15. The number of H-pyrrole nitrogens is 1. The molecule has 0 fully saturated rings. The Labute approximate surface area is 128 Å². The summed E-state index contributed by atoms with van der Waals surface area (Å²) in [6, 6.07) is 7.69. The van der Waals surface area contributed by atoms with Crippen LogP contribution >= 0.6 is 11.8 Å². The van der Waals surface area contributed by atoms with Gasteiger partial charge < -0.3 is 5.32 Å². The van der Waals surface area contributed by atoms with E-state index in [4.69, 9.17) is 0 Å². The van der Waals surface area contributed by atoms with Gasteiger partial charge in [0.25, 0.3) is 5.91 Å². The first-order valence-corrected chi connectivity index (χ1v) is 8.13. The highest BCUT2D eigenvalue weighted by Gasteiger charge is 2.05. The number of benzene rings is 1. The number of hydrogen-bond acceptors (Lipinski definition) is 4. The van der Waals surface area contributed by atoms with Crippen molar-refractivity contribution < 1.29 is 4.79 Å². The van der Waals surface area contributed by atoms with Gasteiger partial charge in [0.2, 0.25) is 0 Å². The lowest BCUT2D eigenvalue weighted by atomic mass is 10.1. The van der Waals surface area contributed by atoms with Crippen LogP contribution in [-0.4, -0.2) is 27.6 Å². The molecule has 1 aromatic carbocycles. The van der Waals surface area contributed by atoms with E-state index in [1.165, 1.54) is 6.33 Å². The monoisotopic (exact) mass is 304 g/mol. The van der Waals surface area contributed by atoms with Crippen molar-refractivity contribution in [1.82, 2.24) is 20.5 Å². The van der Waals surface area contributed by atoms with Crippen LogP contribution in [0.1, 0.15) is 42.1 Å². The third kappa shape index (κ3) is 5.23. The molecule has 0 saturated heterocycles. The Morgan fingerprint density at radius 3 is 2.76 bits per heavy atom. The summed E-state index contributed by atoms with van der Waals surface area (Å²) in [7, 11) is 0. The van der Waals surface area contributed by atoms with Gasteiger partial charge in [-0.15, -0.1) is 0 Å². The smallest absolute Gasteiger partial charge is 0.251 e. The maximum atomic E-state index is 11.9. The van der Waals surface area contributed by atoms with E-state index in [9.17, 15) is 4.79 Å². The summed E-state index contributed by atoms with van der Waals surface area (Å²) in [4.78, 5) is 16.0. The van der Waals surface area contributed by atoms with Crippen LogP contribution in [0.25, 0.3) is 0 Å². The van der Waals surface area contributed by atoms with E-state index < -0.39 is 0 Å². The fourth-order valence-electron chi connectivity index (χ4n) is 1.85. The topological polar surface area (TPSA) is 70.7 Å². The average Bonchev–Trinajstić information content (AvgIpc) is 3.03. The summed E-state index contributed by atoms with van der Waals surface area (Å²) < 4.78 is 0. The van der Waals surface area contributed by atoms with Gasteiger partial charge in [0.15, 0.2) is 5.16 Å². The maximum Gasteiger partial charge on any atom is 0.251 e. The first kappa shape index (κ1) is 15.6. The second-order valence-electron chi connectivity index (χ2n) is 4.74. The number of carbonyl (C=O) groups excluding carboxylic acids is 1. The molecule has 0 bridgehead atoms. The van der Waals surface area contributed by atoms with Crippen molar-refractivity contribution in [2.75, 3.05) is 6.54 Å². The Hall–Kier alpha value is -1.82. The van der Waals surface area contributed by atoms with E-state index in [0.717, 1.165) is 42.3 Å². The summed E-state index contributed by atoms with van der Waals surface area (Å²) in [5.41, 5.74) is 1.86. The normalized spacial score (nSPS) is 10.5. The Bertz CT molecular complexity index is 539. The van der Waals surface area contributed by atoms with Crippen LogP contribution in [0.5, 0.6) is 0 Å². The van der Waals surface area contributed by atoms with Gasteiger partial charge in [0.05, 0.1) is 0 Å². The fraction of sp³-hybridized carbons (Fsp3) is 0.400. The predicted molar refractivity (Wildman–Crippen MR) is 84.2 cm³/mol. The predicted octanol–water partition coefficient (Wildman–Crippen LogP) is 3.02. The molecule has 1 heterocycles. The number of nitrogens with zero attached hydrogens (tertiary/aromatic N) is 2. The first-order chi connectivity index (χ1) is 10.3. The van der Waals surface area contributed by atoms with Crippen molar-refractivity contribution >= 4 is 17.7 Å². The van der Waals surface area contributed by atoms with Crippen LogP contribution in [0, 0.1) is 0 Å². The zero-order valence-corrected chi connectivity index (χ0v) is 12.9. The van der Waals surface area contributed by atoms with Crippen LogP contribution in [0.4, 0.5) is 0 Å². The van der Waals surface area contributed by atoms with Gasteiger partial charge in [-0.05, 0) is 24.1 Å². The molecule has 0 atom stereocenters. The molecular formula is C15H20N4OS. The molecule has 0 aliphatic heterocycles. The lowest BCUT2D eigenvalue weighted by molar-refractivity contribution is 0.0953. The molecule has 1 amide bonds. The molecule has 21 heavy (non-hydrogen) atoms. The van der Waals surface area contributed by atoms with E-state index in [2.05, 4.69) is 27.4 Å². The number of aromatic nitrogens is 3. The third-order valence-corrected chi connectivity index (χ3v) is 4.00. The van der Waals surface area contributed by atoms with Crippen molar-refractivity contribution in [3.05, 3.63) is 41.7 Å². The Balaban J connectivity index is 1.79. The third-order valence-electron chi connectivity index (χ3n) is 3.05. The molecule has 6 heteroatoms. The molecule has 2 aromatic rings. The molecule has 2 N–H and O–H groups in total. The van der Waals surface area contributed by atoms with Crippen molar-refractivity contribution in [2.45, 2.75) is 37.1 Å². The van der Waals surface area contributed by atoms with E-state index in [-0.39, 0.29) is 5.91 Å². The summed E-state index contributed by atoms with van der Waals surface area (Å²) in [5.74, 6) is 0.800. The molecule has 0 aliphatic carbocycles. The van der Waals surface area contributed by atoms with Crippen LogP contribution < -0.4 is 5.32 Å². The number of unbranched alkanes of at least 4 members (excludes halogenated alkanes) is 2. The zero-order valence-electron chi connectivity index (χ0n) is 12.1. The van der Waals surface area contributed by atoms with Crippen molar-refractivity contribution in [3.63, 3.8) is 0 Å². The van der Waals surface area contributed by atoms with E-state index in [0.29, 0.717) is 5.56 Å². The van der Waals surface area contributed by atoms with Crippen LogP contribution in [-0.2, 0) is 5.75 Å². The summed E-state index contributed by atoms with van der Waals surface area (Å²) >= 11 is 1.58. The standard InChI is InChI=1S/C15H20N4OS/c1-2-3-4-9-16-14(20)13-7-5-12(6-8-13)10-21-15-17-11-18-19-15/h5-8,11H,2-4,9-10H2,1H3,(H,16,20)(H,17,18,19). The van der Waals surface area contributed by atoms with Crippen LogP contribution in [0.2, 0.25) is 0 Å². The molecule has 112 valence electrons. The molecular weight excluding hydrogens is 284 g/mol. The Morgan fingerprint density at radius 1 is 1.29 bits per heavy atom. The molecule has 1 aromatic heterocycles. The second-order valence-corrected chi connectivity index (χ2v) is 5.70. The largest absolute Gasteiger partial charge is 0.352 e. The number of carbonyl (C=O) groups is 1. The molecule has 2 rings (SSSR count). The average molecular weight is 304 g/mol. The number of thioether (sulfide) groups is 1. The molecule has 0 spiro atoms. The van der Waals surface area contributed by atoms with E-state index >= 15 is 0 Å². The van der Waals surface area contributed by atoms with Gasteiger partial charge in [-0.1, -0.05) is 43.7 Å². The van der Waals surface area contributed by atoms with Gasteiger partial charge in [0.1, 0.15) is 6.33 Å². The van der Waals surface area contributed by atoms with Crippen molar-refractivity contribution in [3.8, 4) is 0 Å². The van der Waals surface area contributed by atoms with Crippen molar-refractivity contribution in [1.29, 1.82) is 0 Å². The highest BCUT2D eigenvalue weighted by atomic mass is 32.2. The molecule has 0 aliphatic rings. The second kappa shape index (κ2) is 8.46. The molecule has 5 nitrogen and oxygen atoms in total. The Morgan fingerprint density at radius 2 is 2.10 bits per heavy atom. The van der Waals surface area contributed by atoms with Crippen molar-refractivity contribution in [2.24, 2.45) is 0 Å². The SMILES string of the molecule is CCCCCNC(=O)c1ccc(CSc2ncn[nH]2)cc1. The minimum Gasteiger partial charge on any atom is -0.352 e. The van der Waals surface area contributed by atoms with Gasteiger partial charge >= 0.3 is 0 Å². The fourth-order valence-corrected chi connectivity index (χ4v) is 2.58. The van der Waals surface area contributed by atoms with Gasteiger partial charge in [-0.2, -0.15) is 5.10 Å². The van der Waals surface area contributed by atoms with E-state index in [1.807, 2.05) is 24.3 Å². The van der Waals surface area contributed by atoms with E-state index in [1.54, 1.807) is 11.8 Å². The number of amides is 1.